The maximum absolute atomic E-state index is 11.3. The number of hydrogen-bond donors (Lipinski definition) is 1. The van der Waals surface area contributed by atoms with Gasteiger partial charge in [0.15, 0.2) is 0 Å². The molecule has 0 spiro atoms. The molecule has 26 heavy (non-hydrogen) atoms. The van der Waals surface area contributed by atoms with Crippen LogP contribution >= 0.6 is 0 Å². The van der Waals surface area contributed by atoms with Crippen LogP contribution in [-0.2, 0) is 19.9 Å². The minimum Gasteiger partial charge on any atom is -0.378 e. The monoisotopic (exact) mass is 353 g/mol. The molecule has 4 rings (SSSR count). The van der Waals surface area contributed by atoms with Gasteiger partial charge in [0.2, 0.25) is 5.91 Å². The largest absolute Gasteiger partial charge is 0.378 e. The van der Waals surface area contributed by atoms with Crippen LogP contribution in [-0.4, -0.2) is 45.7 Å². The average molecular weight is 353 g/mol. The van der Waals surface area contributed by atoms with Gasteiger partial charge in [-0.3, -0.25) is 9.36 Å². The summed E-state index contributed by atoms with van der Waals surface area (Å²) in [6, 6.07) is 7.58. The highest BCUT2D eigenvalue weighted by Crippen LogP contribution is 2.33. The number of nitrogens with zero attached hydrogens (tertiary/aromatic N) is 4. The Morgan fingerprint density at radius 1 is 1.38 bits per heavy atom. The third kappa shape index (κ3) is 2.83. The van der Waals surface area contributed by atoms with Gasteiger partial charge in [-0.15, -0.1) is 0 Å². The third-order valence-electron chi connectivity index (χ3n) is 4.56. The smallest absolute Gasteiger partial charge is 0.222 e. The molecule has 0 radical (unpaired) electrons. The van der Waals surface area contributed by atoms with Gasteiger partial charge in [0.05, 0.1) is 24.0 Å². The number of carbonyl (C=O) groups is 1. The molecule has 1 N–H and O–H groups in total. The second kappa shape index (κ2) is 6.47. The predicted molar refractivity (Wildman–Crippen MR) is 95.1 cm³/mol. The van der Waals surface area contributed by atoms with Crippen LogP contribution in [0.3, 0.4) is 0 Å². The van der Waals surface area contributed by atoms with Crippen LogP contribution < -0.4 is 5.32 Å². The van der Waals surface area contributed by atoms with Crippen LogP contribution in [0.4, 0.5) is 5.82 Å². The van der Waals surface area contributed by atoms with Gasteiger partial charge >= 0.3 is 0 Å². The van der Waals surface area contributed by atoms with Crippen LogP contribution in [0.25, 0.3) is 16.9 Å². The summed E-state index contributed by atoms with van der Waals surface area (Å²) in [7, 11) is 1.68. The Bertz CT molecular complexity index is 962. The van der Waals surface area contributed by atoms with Gasteiger partial charge in [-0.1, -0.05) is 6.07 Å². The summed E-state index contributed by atoms with van der Waals surface area (Å²) < 4.78 is 13.1. The van der Waals surface area contributed by atoms with Gasteiger partial charge in [-0.25, -0.2) is 15.0 Å². The second-order valence-electron chi connectivity index (χ2n) is 6.24. The van der Waals surface area contributed by atoms with E-state index in [4.69, 9.17) is 14.5 Å². The maximum Gasteiger partial charge on any atom is 0.222 e. The molecule has 3 aromatic heterocycles. The van der Waals surface area contributed by atoms with Crippen molar-refractivity contribution in [2.24, 2.45) is 0 Å². The molecule has 1 fully saturated rings. The van der Waals surface area contributed by atoms with E-state index in [9.17, 15) is 4.79 Å². The summed E-state index contributed by atoms with van der Waals surface area (Å²) in [5.74, 6) is 1.01. The fraction of sp³-hybridized carbons (Fsp3) is 0.333. The summed E-state index contributed by atoms with van der Waals surface area (Å²) in [5, 5.41) is 2.69. The van der Waals surface area contributed by atoms with E-state index in [0.29, 0.717) is 24.8 Å². The number of aromatic nitrogens is 4. The maximum atomic E-state index is 11.3. The minimum atomic E-state index is -0.519. The second-order valence-corrected chi connectivity index (χ2v) is 6.24. The topological polar surface area (TPSA) is 91.2 Å². The molecule has 1 aliphatic heterocycles. The number of hydrogen-bond acceptors (Lipinski definition) is 6. The zero-order valence-corrected chi connectivity index (χ0v) is 14.6. The lowest BCUT2D eigenvalue weighted by Crippen LogP contribution is -2.30. The van der Waals surface area contributed by atoms with E-state index in [1.807, 2.05) is 22.8 Å². The van der Waals surface area contributed by atoms with E-state index in [1.165, 1.54) is 6.92 Å². The molecule has 8 heteroatoms. The van der Waals surface area contributed by atoms with Crippen molar-refractivity contribution in [2.45, 2.75) is 18.9 Å². The first-order valence-electron chi connectivity index (χ1n) is 8.33. The van der Waals surface area contributed by atoms with E-state index >= 15 is 0 Å². The number of anilines is 1. The lowest BCUT2D eigenvalue weighted by atomic mass is 9.98. The molecule has 1 atom stereocenters. The molecule has 0 aliphatic carbocycles. The fourth-order valence-electron chi connectivity index (χ4n) is 3.17. The van der Waals surface area contributed by atoms with E-state index < -0.39 is 5.60 Å². The molecular formula is C18H19N5O3. The highest BCUT2D eigenvalue weighted by molar-refractivity contribution is 5.90. The number of fused-ring (bicyclic) bond motifs is 1. The summed E-state index contributed by atoms with van der Waals surface area (Å²) in [6.45, 7) is 2.59. The first kappa shape index (κ1) is 16.6. The van der Waals surface area contributed by atoms with Crippen molar-refractivity contribution in [3.8, 4) is 5.82 Å². The molecule has 0 aromatic carbocycles. The predicted octanol–water partition coefficient (Wildman–Crippen LogP) is 2.04. The number of ether oxygens (including phenoxy) is 2. The number of imidazole rings is 1. The highest BCUT2D eigenvalue weighted by Gasteiger charge is 2.38. The summed E-state index contributed by atoms with van der Waals surface area (Å²) in [6.07, 6.45) is 4.09. The van der Waals surface area contributed by atoms with Crippen LogP contribution in [0.1, 0.15) is 19.0 Å². The molecular weight excluding hydrogens is 334 g/mol. The molecule has 3 aromatic rings. The zero-order chi connectivity index (χ0) is 18.1. The normalized spacial score (nSPS) is 19.8. The standard InChI is InChI=1S/C18H19N5O3/c1-12(24)21-16-8-14-13(9-19-16)20-11-23(14)17-5-3-4-15(22-17)18(25-2)6-7-26-10-18/h3-5,8-9,11H,6-7,10H2,1-2H3,(H,19,21,24). The van der Waals surface area contributed by atoms with Crippen molar-refractivity contribution in [1.82, 2.24) is 19.5 Å². The fourth-order valence-corrected chi connectivity index (χ4v) is 3.17. The van der Waals surface area contributed by atoms with Crippen LogP contribution in [0, 0.1) is 0 Å². The van der Waals surface area contributed by atoms with Gasteiger partial charge in [0.25, 0.3) is 0 Å². The van der Waals surface area contributed by atoms with Crippen molar-refractivity contribution in [3.63, 3.8) is 0 Å². The van der Waals surface area contributed by atoms with Crippen LogP contribution in [0.15, 0.2) is 36.8 Å². The molecule has 134 valence electrons. The van der Waals surface area contributed by atoms with Gasteiger partial charge in [-0.05, 0) is 12.1 Å². The van der Waals surface area contributed by atoms with E-state index in [1.54, 1.807) is 25.7 Å². The molecule has 1 unspecified atom stereocenters. The first-order chi connectivity index (χ1) is 12.6. The summed E-state index contributed by atoms with van der Waals surface area (Å²) in [5.41, 5.74) is 1.84. The quantitative estimate of drug-likeness (QED) is 0.772. The molecule has 8 nitrogen and oxygen atoms in total. The van der Waals surface area contributed by atoms with Crippen molar-refractivity contribution in [3.05, 3.63) is 42.5 Å². The molecule has 0 bridgehead atoms. The van der Waals surface area contributed by atoms with Crippen molar-refractivity contribution in [2.75, 3.05) is 25.6 Å². The Kier molecular flexibility index (Phi) is 4.14. The minimum absolute atomic E-state index is 0.175. The lowest BCUT2D eigenvalue weighted by molar-refractivity contribution is -0.114. The number of pyridine rings is 2. The van der Waals surface area contributed by atoms with Gasteiger partial charge in [0.1, 0.15) is 29.1 Å². The van der Waals surface area contributed by atoms with E-state index in [0.717, 1.165) is 23.1 Å². The summed E-state index contributed by atoms with van der Waals surface area (Å²) >= 11 is 0. The molecule has 1 saturated heterocycles. The van der Waals surface area contributed by atoms with Crippen LogP contribution in [0.5, 0.6) is 0 Å². The Morgan fingerprint density at radius 2 is 2.27 bits per heavy atom. The Labute approximate surface area is 150 Å². The Morgan fingerprint density at radius 3 is 3.00 bits per heavy atom. The third-order valence-corrected chi connectivity index (χ3v) is 4.56. The summed E-state index contributed by atoms with van der Waals surface area (Å²) in [4.78, 5) is 24.6. The molecule has 1 aliphatic rings. The average Bonchev–Trinajstić information content (AvgIpc) is 3.29. The van der Waals surface area contributed by atoms with Gasteiger partial charge in [-0.2, -0.15) is 0 Å². The highest BCUT2D eigenvalue weighted by atomic mass is 16.5. The molecule has 1 amide bonds. The number of nitrogens with one attached hydrogen (secondary N) is 1. The number of carbonyl (C=O) groups excluding carboxylic acids is 1. The zero-order valence-electron chi connectivity index (χ0n) is 14.6. The van der Waals surface area contributed by atoms with Crippen LogP contribution in [0.2, 0.25) is 0 Å². The lowest BCUT2D eigenvalue weighted by Gasteiger charge is -2.25. The SMILES string of the molecule is COC1(c2cccc(-n3cnc4cnc(NC(C)=O)cc43)n2)CCOC1. The number of rotatable bonds is 4. The van der Waals surface area contributed by atoms with E-state index in [2.05, 4.69) is 15.3 Å². The van der Waals surface area contributed by atoms with Gasteiger partial charge < -0.3 is 14.8 Å². The van der Waals surface area contributed by atoms with Gasteiger partial charge in [0, 0.05) is 33.1 Å². The Hall–Kier alpha value is -2.84. The molecule has 0 saturated carbocycles. The first-order valence-corrected chi connectivity index (χ1v) is 8.33. The van der Waals surface area contributed by atoms with Crippen molar-refractivity contribution < 1.29 is 14.3 Å². The number of methoxy groups -OCH3 is 1. The Balaban J connectivity index is 1.78. The molecule has 4 heterocycles. The van der Waals surface area contributed by atoms with Crippen molar-refractivity contribution in [1.29, 1.82) is 0 Å². The van der Waals surface area contributed by atoms with Crippen molar-refractivity contribution >= 4 is 22.8 Å². The van der Waals surface area contributed by atoms with E-state index in [-0.39, 0.29) is 5.91 Å². The number of amides is 1.